The molecule has 2 fully saturated rings. The average molecular weight is 1520 g/mol. The maximum absolute atomic E-state index is 12.8. The van der Waals surface area contributed by atoms with Gasteiger partial charge in [-0.3, -0.25) is 14.3 Å². The molecule has 0 amide bonds. The standard InChI is InChI=1S/C21H28F3N5O2.C14H22N2O2.C8H8ClF3N2.C6H3Cl2F3N2.C6H5F3N2O2.CH5N.Cl3OP/c1-25-19-13-16(14-21(22,23)24)27-20(28-19)26-15-6-7-17(30-2)18(12-15)31-11-5-10-29-8-3-4-9-29;1-17-13-6-5-12(15)11-14(13)18-10-4-9-16-7-2-3-8-16;1-2-5-3-6(4-8(10,11)12)14-7(9)13-5;7-4-1-3(2-6(9,10)11)12-5(8)13-4;7-6(8,9)2-3-1-4(12)11-5(13)10-3;1-2;1-5(2,3)4/h6-7,12-13H,3-5,8-11,14H2,1-2H3,(H2,25,26,27,28);5-6,11H,2-4,7-10,15H2,1H3;3H,2,4H2,1H3;1H,2H2;1H,2H2,(H2,10,11,12,13);2H2,1H3;. The number of halogens is 18. The number of hydrogen-bond donors (Lipinski definition) is 6. The summed E-state index contributed by atoms with van der Waals surface area (Å²) in [5, 5.41) is 1.98. The molecule has 0 aliphatic carbocycles. The quantitative estimate of drug-likeness (QED) is 0.0103. The topological polar surface area (TPSA) is 280 Å². The van der Waals surface area contributed by atoms with Crippen LogP contribution >= 0.6 is 73.7 Å². The number of benzene rings is 2. The summed E-state index contributed by atoms with van der Waals surface area (Å²) < 4.78 is 177. The third-order valence-corrected chi connectivity index (χ3v) is 12.6. The molecule has 96 heavy (non-hydrogen) atoms. The Balaban J connectivity index is 0.000000417. The molecule has 2 aromatic carbocycles. The van der Waals surface area contributed by atoms with Crippen molar-refractivity contribution in [1.29, 1.82) is 0 Å². The van der Waals surface area contributed by atoms with Crippen LogP contribution in [0.2, 0.25) is 15.7 Å². The van der Waals surface area contributed by atoms with E-state index in [-0.39, 0.29) is 38.8 Å². The number of nitrogen functional groups attached to an aromatic ring is 1. The fourth-order valence-corrected chi connectivity index (χ4v) is 8.95. The number of aromatic amines is 2. The molecule has 0 radical (unpaired) electrons. The van der Waals surface area contributed by atoms with Crippen molar-refractivity contribution < 1.29 is 76.2 Å². The number of nitrogens with two attached hydrogens (primary N) is 2. The smallest absolute Gasteiger partial charge is 0.394 e. The molecule has 6 aromatic rings. The van der Waals surface area contributed by atoms with E-state index in [9.17, 15) is 66.8 Å². The summed E-state index contributed by atoms with van der Waals surface area (Å²) in [5.41, 5.74) is 9.37. The zero-order chi connectivity index (χ0) is 72.5. The van der Waals surface area contributed by atoms with Gasteiger partial charge in [0.2, 0.25) is 16.5 Å². The van der Waals surface area contributed by atoms with E-state index in [1.54, 1.807) is 51.4 Å². The SMILES string of the molecule is CCc1cc(CC(F)(F)F)nc(Cl)n1.CN.CNc1cc(CC(F)(F)F)nc(Nc2ccc(OC)c(OCCCN3CCCC3)c2)n1.COc1ccc(N)cc1OCCCN1CCCC1.FC(F)(F)Cc1cc(Cl)nc(Cl)n1.O=P(Cl)(Cl)Cl.O=c1cc(CC(F)(F)F)[nH]c(=O)[nH]1. The zero-order valence-corrected chi connectivity index (χ0v) is 57.5. The van der Waals surface area contributed by atoms with E-state index in [0.29, 0.717) is 60.1 Å². The van der Waals surface area contributed by atoms with Gasteiger partial charge in [0.15, 0.2) is 23.0 Å². The second-order valence-corrected chi connectivity index (χ2v) is 27.5. The molecule has 40 heteroatoms. The number of nitrogens with zero attached hydrogens (tertiary/aromatic N) is 8. The van der Waals surface area contributed by atoms with Crippen molar-refractivity contribution in [2.45, 2.75) is 102 Å². The molecule has 2 aliphatic rings. The normalized spacial score (nSPS) is 13.2. The first-order valence-electron chi connectivity index (χ1n) is 28.5. The molecule has 8 rings (SSSR count). The number of nitrogens with one attached hydrogen (secondary N) is 4. The van der Waals surface area contributed by atoms with Gasteiger partial charge in [-0.15, -0.1) is 0 Å². The van der Waals surface area contributed by atoms with Crippen LogP contribution in [0.4, 0.5) is 75.8 Å². The van der Waals surface area contributed by atoms with Gasteiger partial charge in [-0.05, 0) is 171 Å². The van der Waals surface area contributed by atoms with Crippen molar-refractivity contribution in [2.24, 2.45) is 5.73 Å². The number of hydrogen-bond acceptors (Lipinski definition) is 19. The second kappa shape index (κ2) is 42.7. The highest BCUT2D eigenvalue weighted by Crippen LogP contribution is 2.61. The summed E-state index contributed by atoms with van der Waals surface area (Å²) in [6.45, 7) is 9.90. The Morgan fingerprint density at radius 3 is 1.45 bits per heavy atom. The molecular weight excluding hydrogens is 1450 g/mol. The molecule has 0 bridgehead atoms. The lowest BCUT2D eigenvalue weighted by molar-refractivity contribution is -0.128. The molecule has 0 unspecified atom stereocenters. The number of methoxy groups -OCH3 is 2. The van der Waals surface area contributed by atoms with Gasteiger partial charge in [0.1, 0.15) is 11.0 Å². The Kier molecular flexibility index (Phi) is 38.3. The molecule has 0 atom stereocenters. The van der Waals surface area contributed by atoms with E-state index in [1.165, 1.54) is 58.0 Å². The van der Waals surface area contributed by atoms with Crippen molar-refractivity contribution >= 4 is 96.9 Å². The highest BCUT2D eigenvalue weighted by Gasteiger charge is 2.31. The van der Waals surface area contributed by atoms with Gasteiger partial charge < -0.3 is 55.8 Å². The minimum Gasteiger partial charge on any atom is -0.493 e. The van der Waals surface area contributed by atoms with Crippen molar-refractivity contribution in [3.05, 3.63) is 126 Å². The van der Waals surface area contributed by atoms with Gasteiger partial charge in [0.25, 0.3) is 5.56 Å². The van der Waals surface area contributed by atoms with E-state index in [0.717, 1.165) is 56.6 Å². The first-order chi connectivity index (χ1) is 44.8. The fourth-order valence-electron chi connectivity index (χ4n) is 8.29. The predicted octanol–water partition coefficient (Wildman–Crippen LogP) is 14.6. The predicted molar refractivity (Wildman–Crippen MR) is 347 cm³/mol. The number of anilines is 4. The molecule has 538 valence electrons. The van der Waals surface area contributed by atoms with E-state index in [2.05, 4.69) is 89.8 Å². The summed E-state index contributed by atoms with van der Waals surface area (Å²) >= 11 is 30.0. The molecule has 6 heterocycles. The van der Waals surface area contributed by atoms with Gasteiger partial charge >= 0.3 is 35.6 Å². The van der Waals surface area contributed by atoms with Crippen LogP contribution in [0.15, 0.2) is 70.3 Å². The van der Waals surface area contributed by atoms with E-state index in [1.807, 2.05) is 23.2 Å². The summed E-state index contributed by atoms with van der Waals surface area (Å²) in [4.78, 5) is 51.9. The van der Waals surface area contributed by atoms with Crippen LogP contribution in [0.25, 0.3) is 0 Å². The molecule has 0 saturated carbocycles. The second-order valence-electron chi connectivity index (χ2n) is 19.8. The van der Waals surface area contributed by atoms with E-state index in [4.69, 9.17) is 59.5 Å². The van der Waals surface area contributed by atoms with Gasteiger partial charge in [0.05, 0.1) is 70.2 Å². The number of aromatic nitrogens is 8. The molecule has 4 aromatic heterocycles. The van der Waals surface area contributed by atoms with Crippen LogP contribution in [0.1, 0.15) is 73.9 Å². The monoisotopic (exact) mass is 1520 g/mol. The van der Waals surface area contributed by atoms with Crippen molar-refractivity contribution in [3.63, 3.8) is 0 Å². The largest absolute Gasteiger partial charge is 0.493 e. The van der Waals surface area contributed by atoms with Crippen LogP contribution < -0.4 is 52.3 Å². The van der Waals surface area contributed by atoms with Gasteiger partial charge in [-0.1, -0.05) is 18.5 Å². The third kappa shape index (κ3) is 40.6. The van der Waals surface area contributed by atoms with Crippen LogP contribution in [0, 0.1) is 0 Å². The highest BCUT2D eigenvalue weighted by molar-refractivity contribution is 8.24. The maximum Gasteiger partial charge on any atom is 0.394 e. The van der Waals surface area contributed by atoms with E-state index >= 15 is 0 Å². The van der Waals surface area contributed by atoms with E-state index < -0.39 is 72.5 Å². The lowest BCUT2D eigenvalue weighted by atomic mass is 10.2. The summed E-state index contributed by atoms with van der Waals surface area (Å²) in [5.74, 6) is 2.97. The van der Waals surface area contributed by atoms with Crippen LogP contribution in [-0.4, -0.2) is 155 Å². The lowest BCUT2D eigenvalue weighted by Gasteiger charge is -2.16. The van der Waals surface area contributed by atoms with Crippen molar-refractivity contribution in [2.75, 3.05) is 97.2 Å². The highest BCUT2D eigenvalue weighted by atomic mass is 36.0. The zero-order valence-electron chi connectivity index (χ0n) is 52.0. The Morgan fingerprint density at radius 1 is 0.573 bits per heavy atom. The average Bonchev–Trinajstić information content (AvgIpc) is 0.898. The molecule has 21 nitrogen and oxygen atoms in total. The molecular formula is C56H71Cl6F12N14O7P. The lowest BCUT2D eigenvalue weighted by Crippen LogP contribution is -2.25. The molecule has 2 aliphatic heterocycles. The Morgan fingerprint density at radius 2 is 1.01 bits per heavy atom. The number of ether oxygens (including phenoxy) is 4. The van der Waals surface area contributed by atoms with Gasteiger partial charge in [0, 0.05) is 67.2 Å². The fraction of sp³-hybridized carbons (Fsp3) is 0.500. The number of aryl methyl sites for hydroxylation is 1. The summed E-state index contributed by atoms with van der Waals surface area (Å²) in [6, 6.07) is 15.0. The van der Waals surface area contributed by atoms with Crippen molar-refractivity contribution in [3.8, 4) is 23.0 Å². The summed E-state index contributed by atoms with van der Waals surface area (Å²) in [7, 11) is 6.29. The number of H-pyrrole nitrogens is 2. The van der Waals surface area contributed by atoms with Crippen LogP contribution in [0.3, 0.4) is 0 Å². The molecule has 0 spiro atoms. The first-order valence-corrected chi connectivity index (χ1v) is 34.1. The minimum atomic E-state index is -4.43. The maximum atomic E-state index is 12.8. The van der Waals surface area contributed by atoms with Crippen LogP contribution in [0.5, 0.6) is 23.0 Å². The molecule has 2 saturated heterocycles. The number of likely N-dealkylation sites (tertiary alicyclic amines) is 2. The number of rotatable bonds is 20. The van der Waals surface area contributed by atoms with Gasteiger partial charge in [-0.25, -0.2) is 29.7 Å². The minimum absolute atomic E-state index is 0.0660. The number of alkyl halides is 12. The van der Waals surface area contributed by atoms with Crippen molar-refractivity contribution in [1.82, 2.24) is 49.7 Å². The first kappa shape index (κ1) is 86.1. The Bertz CT molecular complexity index is 3390. The Labute approximate surface area is 573 Å². The third-order valence-electron chi connectivity index (χ3n) is 12.0. The van der Waals surface area contributed by atoms with Gasteiger partial charge in [-0.2, -0.15) is 57.7 Å². The molecule has 8 N–H and O–H groups in total. The van der Waals surface area contributed by atoms with Crippen LogP contribution in [-0.2, 0) is 36.7 Å². The Hall–Kier alpha value is -6.03. The summed E-state index contributed by atoms with van der Waals surface area (Å²) in [6.07, 6.45) is -14.4.